The molecule has 12 N–H and O–H groups in total. The molecular weight excluding hydrogens is 1940 g/mol. The Morgan fingerprint density at radius 3 is 1.18 bits per heavy atom. The SMILES string of the molecule is CC(C)(C)[S@@](=O)N[C@@H]1c2ccccc2CC12CCN(c1nc[c-]c3nccn13)CC2.CC(C)(C)[S@@](=O)N[C@@H]1c2ccccc2CC12CCN(c1ncc(Sc3cccc(N)c3Cl)c3nccn13)CC2.Cl.N=N/N=N/N=N/N=N/N=N/N=N/N=N/N=N/N=N.Nc1cccc(Br)c1Cl.Nc1cccc(Sc2cnc(N3CCC4(CC3)Cc3ccccc3[C@H]4N)n3ccnc23)c1Cl.[Na+].[SH-]. The number of nitrogens with zero attached hydrogens (tertiary/aromatic N) is 28. The van der Waals surface area contributed by atoms with E-state index in [2.05, 4.69) is 231 Å². The van der Waals surface area contributed by atoms with Gasteiger partial charge in [-0.05, 0) is 291 Å². The van der Waals surface area contributed by atoms with Crippen molar-refractivity contribution in [2.45, 2.75) is 147 Å². The minimum atomic E-state index is -1.15. The van der Waals surface area contributed by atoms with Crippen molar-refractivity contribution in [1.29, 1.82) is 11.1 Å². The van der Waals surface area contributed by atoms with E-state index in [0.717, 1.165) is 156 Å². The van der Waals surface area contributed by atoms with Gasteiger partial charge in [0.1, 0.15) is 0 Å². The maximum absolute atomic E-state index is 13.2. The second-order valence-electron chi connectivity index (χ2n) is 33.0. The Morgan fingerprint density at radius 2 is 0.795 bits per heavy atom. The van der Waals surface area contributed by atoms with E-state index in [1.807, 2.05) is 126 Å². The van der Waals surface area contributed by atoms with Crippen LogP contribution in [0, 0.1) is 33.4 Å². The first-order valence-corrected chi connectivity index (χ1v) is 46.7. The third kappa shape index (κ3) is 23.9. The molecule has 6 aromatic carbocycles. The molecule has 5 atom stereocenters. The number of imidazole rings is 3. The number of fused-ring (bicyclic) bond motifs is 6. The van der Waals surface area contributed by atoms with Gasteiger partial charge in [0.05, 0.1) is 85.5 Å². The summed E-state index contributed by atoms with van der Waals surface area (Å²) in [6.45, 7) is 17.6. The molecule has 0 bridgehead atoms. The summed E-state index contributed by atoms with van der Waals surface area (Å²) in [7, 11) is -2.26. The van der Waals surface area contributed by atoms with Crippen molar-refractivity contribution < 1.29 is 38.0 Å². The molecule has 6 aliphatic rings. The summed E-state index contributed by atoms with van der Waals surface area (Å²) in [6, 6.07) is 46.1. The Hall–Kier alpha value is -9.75. The molecule has 38 nitrogen and oxygen atoms in total. The minimum Gasteiger partial charge on any atom is -0.813 e. The van der Waals surface area contributed by atoms with Crippen LogP contribution in [0.15, 0.2) is 291 Å². The van der Waals surface area contributed by atoms with Crippen LogP contribution in [0.5, 0.6) is 0 Å². The summed E-state index contributed by atoms with van der Waals surface area (Å²) in [6.07, 6.45) is 26.0. The molecule has 6 aromatic heterocycles. The summed E-state index contributed by atoms with van der Waals surface area (Å²) in [5, 5.41) is 47.3. The predicted molar refractivity (Wildman–Crippen MR) is 518 cm³/mol. The van der Waals surface area contributed by atoms with E-state index in [9.17, 15) is 8.42 Å². The molecule has 3 fully saturated rings. The normalized spacial score (nSPS) is 18.1. The number of nitrogens with one attached hydrogen (secondary N) is 4. The monoisotopic (exact) mass is 2030 g/mol. The van der Waals surface area contributed by atoms with Crippen LogP contribution in [-0.4, -0.2) is 100 Å². The molecule has 9 heterocycles. The third-order valence-corrected chi connectivity index (χ3v) is 31.0. The Morgan fingerprint density at radius 1 is 0.455 bits per heavy atom. The smallest absolute Gasteiger partial charge is 0.813 e. The molecule has 0 radical (unpaired) electrons. The van der Waals surface area contributed by atoms with Crippen LogP contribution in [-0.2, 0) is 54.7 Å². The number of anilines is 6. The average molecular weight is 2030 g/mol. The van der Waals surface area contributed by atoms with Gasteiger partial charge in [-0.15, -0.1) is 18.6 Å². The van der Waals surface area contributed by atoms with E-state index in [4.69, 9.17) is 78.8 Å². The fourth-order valence-electron chi connectivity index (χ4n) is 16.8. The Balaban J connectivity index is 0.000000167. The zero-order valence-corrected chi connectivity index (χ0v) is 83.6. The molecule has 18 rings (SSSR count). The van der Waals surface area contributed by atoms with Crippen molar-refractivity contribution >= 4 is 174 Å². The number of thiol groups is 1. The van der Waals surface area contributed by atoms with E-state index < -0.39 is 22.0 Å². The van der Waals surface area contributed by atoms with Crippen LogP contribution in [0.4, 0.5) is 34.9 Å². The largest absolute Gasteiger partial charge is 1.00 e. The van der Waals surface area contributed by atoms with Gasteiger partial charge in [0.15, 0.2) is 11.3 Å². The zero-order valence-electron chi connectivity index (χ0n) is 72.8. The summed E-state index contributed by atoms with van der Waals surface area (Å²) in [4.78, 5) is 38.6. The fraction of sp³-hybridized carbons (Fsp3) is 0.349. The molecule has 686 valence electrons. The molecule has 49 heteroatoms. The van der Waals surface area contributed by atoms with E-state index in [1.165, 1.54) is 56.9 Å². The maximum Gasteiger partial charge on any atom is 1.00 e. The fourth-order valence-corrected chi connectivity index (χ4v) is 21.6. The van der Waals surface area contributed by atoms with Gasteiger partial charge >= 0.3 is 29.6 Å². The molecule has 3 aliphatic carbocycles. The molecular formula is C83H95BrCl4N36NaO2S5-. The van der Waals surface area contributed by atoms with Crippen molar-refractivity contribution in [3.8, 4) is 0 Å². The quantitative estimate of drug-likeness (QED) is 0.00709. The van der Waals surface area contributed by atoms with Crippen molar-refractivity contribution in [2.75, 3.05) is 71.2 Å². The molecule has 0 amide bonds. The molecule has 0 saturated carbocycles. The van der Waals surface area contributed by atoms with E-state index >= 15 is 0 Å². The molecule has 0 unspecified atom stereocenters. The van der Waals surface area contributed by atoms with Gasteiger partial charge in [-0.1, -0.05) is 149 Å². The van der Waals surface area contributed by atoms with Crippen molar-refractivity contribution in [3.05, 3.63) is 242 Å². The van der Waals surface area contributed by atoms with Crippen LogP contribution >= 0.6 is 86.7 Å². The summed E-state index contributed by atoms with van der Waals surface area (Å²) >= 11 is 24.9. The van der Waals surface area contributed by atoms with Crippen LogP contribution in [0.25, 0.3) is 16.9 Å². The number of halogens is 5. The average Bonchev–Trinajstić information content (AvgIpc) is 1.59. The van der Waals surface area contributed by atoms with Gasteiger partial charge in [0, 0.05) is 109 Å². The number of hydrogen-bond donors (Lipinski definition) is 8. The number of benzene rings is 6. The van der Waals surface area contributed by atoms with Crippen LogP contribution < -0.4 is 76.6 Å². The van der Waals surface area contributed by atoms with E-state index in [0.29, 0.717) is 32.1 Å². The van der Waals surface area contributed by atoms with Crippen molar-refractivity contribution in [1.82, 2.24) is 52.6 Å². The number of piperidine rings is 3. The molecule has 3 aliphatic heterocycles. The van der Waals surface area contributed by atoms with Gasteiger partial charge in [-0.2, -0.15) is 11.1 Å². The van der Waals surface area contributed by atoms with E-state index in [1.54, 1.807) is 30.6 Å². The van der Waals surface area contributed by atoms with Crippen LogP contribution in [0.3, 0.4) is 0 Å². The zero-order chi connectivity index (χ0) is 91.0. The maximum atomic E-state index is 13.2. The Labute approximate surface area is 833 Å². The first-order valence-electron chi connectivity index (χ1n) is 40.8. The standard InChI is InChI=1S/C29H33ClN6OS2.C25H25ClN6S.C23H28N5OS.C6H5BrClN.ClH.H2N18.Na.H2S/c1-28(2,3)39(37)34-25-20-8-5-4-7-19(20)17-29(25)11-14-35(15-12-29)27-33-18-23(26-32-13-16-36(26)27)38-22-10-6-9-21(31)24(22)30;26-21-18(27)6-3-7-19(21)33-20-15-30-24(32-13-10-29-23(20)32)31-11-8-25(9-12-31)14-16-4-1-2-5-17(16)22(25)28;1-22(2,3)30(29)26-20-18-7-5-4-6-17(18)16-23(20)9-13-27(14-10-23)21-25-11-8-19-24-12-15-28(19)21;7-4-2-1-3-5(9)6(4)8;;1-3-5-7-9-11-13-15-17-18-16-14-12-10-8-6-4-2;;/h4-10,13,16,18,25,34H,11-12,14-15,17,31H2,1-3H3;1-7,10,13,15,22H,8-9,11-12,14,27-28H2;4-7,11-12,15,20,26H,9-10,13-14,16H2,1-3H3;1-3H,9H2;1H;1-2H;;1H2/q;;-1;;;;+1;/p-1/b;;;;;3-1?,4-2?,7-5+,8-6+,11-9+,12-10+,15-13+,16-14+,18-17+;;/t25-,39-;22-;20-,30-;;;;;/m111...../s1. The number of aromatic nitrogens is 9. The molecule has 132 heavy (non-hydrogen) atoms. The van der Waals surface area contributed by atoms with Gasteiger partial charge in [-0.25, -0.2) is 37.8 Å². The molecule has 3 spiro atoms. The second kappa shape index (κ2) is 46.5. The summed E-state index contributed by atoms with van der Waals surface area (Å²) < 4.78 is 39.7. The molecule has 3 saturated heterocycles. The topological polar surface area (TPSA) is 508 Å². The van der Waals surface area contributed by atoms with Gasteiger partial charge in [0.2, 0.25) is 17.8 Å². The third-order valence-electron chi connectivity index (χ3n) is 23.3. The summed E-state index contributed by atoms with van der Waals surface area (Å²) in [5.41, 5.74) is 49.1. The predicted octanol–water partition coefficient (Wildman–Crippen LogP) is 17.9. The van der Waals surface area contributed by atoms with E-state index in [-0.39, 0.29) is 99.3 Å². The Bertz CT molecular complexity index is 6230. The van der Waals surface area contributed by atoms with Gasteiger partial charge < -0.3 is 61.6 Å². The molecule has 12 aromatic rings. The number of nitrogen functional groups attached to an aromatic ring is 3. The van der Waals surface area contributed by atoms with Gasteiger partial charge in [-0.3, -0.25) is 18.8 Å². The first kappa shape index (κ1) is 103. The van der Waals surface area contributed by atoms with Crippen molar-refractivity contribution in [2.24, 2.45) is 106 Å². The first-order chi connectivity index (χ1) is 62.2. The van der Waals surface area contributed by atoms with Crippen LogP contribution in [0.1, 0.15) is 132 Å². The summed E-state index contributed by atoms with van der Waals surface area (Å²) in [5.74, 6) is 2.73. The number of hydrogen-bond acceptors (Lipinski definition) is 20. The Kier molecular flexibility index (Phi) is 36.2. The van der Waals surface area contributed by atoms with Crippen molar-refractivity contribution in [3.63, 3.8) is 0 Å². The number of rotatable bonds is 19. The van der Waals surface area contributed by atoms with Gasteiger partial charge in [0.25, 0.3) is 0 Å². The number of nitrogens with two attached hydrogens (primary N) is 4. The second-order valence-corrected chi connectivity index (χ2v) is 41.2. The van der Waals surface area contributed by atoms with Crippen LogP contribution in [0.2, 0.25) is 15.1 Å². The minimum absolute atomic E-state index is 0.